The average Bonchev–Trinajstić information content (AvgIpc) is 3.05. The largest absolute Gasteiger partial charge is 0.337 e. The summed E-state index contributed by atoms with van der Waals surface area (Å²) in [5, 5.41) is 4.84. The van der Waals surface area contributed by atoms with Crippen molar-refractivity contribution in [3.63, 3.8) is 0 Å². The van der Waals surface area contributed by atoms with E-state index in [2.05, 4.69) is 34.8 Å². The Balaban J connectivity index is 1.78. The second-order valence-electron chi connectivity index (χ2n) is 5.82. The van der Waals surface area contributed by atoms with Crippen LogP contribution in [0.15, 0.2) is 21.3 Å². The highest BCUT2D eigenvalue weighted by Gasteiger charge is 2.27. The quantitative estimate of drug-likeness (QED) is 0.747. The Labute approximate surface area is 141 Å². The molecule has 1 fully saturated rings. The Morgan fingerprint density at radius 3 is 2.62 bits per heavy atom. The van der Waals surface area contributed by atoms with Crippen LogP contribution < -0.4 is 0 Å². The van der Waals surface area contributed by atoms with Crippen molar-refractivity contribution in [2.75, 3.05) is 13.1 Å². The van der Waals surface area contributed by atoms with Gasteiger partial charge in [-0.2, -0.15) is 0 Å². The Hall–Kier alpha value is -0.720. The first-order chi connectivity index (χ1) is 10.0. The molecule has 1 saturated heterocycles. The molecule has 3 rings (SSSR count). The van der Waals surface area contributed by atoms with E-state index in [1.807, 2.05) is 21.7 Å². The summed E-state index contributed by atoms with van der Waals surface area (Å²) in [5.74, 6) is 1.22. The van der Waals surface area contributed by atoms with Crippen molar-refractivity contribution in [1.82, 2.24) is 9.88 Å². The number of hydrogen-bond acceptors (Lipinski definition) is 4. The van der Waals surface area contributed by atoms with Gasteiger partial charge in [-0.25, -0.2) is 4.98 Å². The van der Waals surface area contributed by atoms with Gasteiger partial charge in [-0.1, -0.05) is 13.8 Å². The van der Waals surface area contributed by atoms with Gasteiger partial charge in [0, 0.05) is 28.3 Å². The fourth-order valence-corrected chi connectivity index (χ4v) is 5.20. The molecule has 1 amide bonds. The molecule has 3 nitrogen and oxygen atoms in total. The molecular weight excluding hydrogens is 368 g/mol. The summed E-state index contributed by atoms with van der Waals surface area (Å²) in [5.41, 5.74) is 0.584. The van der Waals surface area contributed by atoms with Crippen LogP contribution in [-0.2, 0) is 0 Å². The van der Waals surface area contributed by atoms with Crippen molar-refractivity contribution in [1.29, 1.82) is 0 Å². The highest BCUT2D eigenvalue weighted by atomic mass is 79.9. The number of thiophene rings is 1. The monoisotopic (exact) mass is 384 g/mol. The van der Waals surface area contributed by atoms with Crippen LogP contribution in [0.25, 0.3) is 9.88 Å². The first kappa shape index (κ1) is 15.2. The number of likely N-dealkylation sites (tertiary alicyclic amines) is 1. The van der Waals surface area contributed by atoms with Gasteiger partial charge in [0.25, 0.3) is 5.91 Å². The molecule has 112 valence electrons. The molecule has 0 aromatic carbocycles. The SMILES string of the molecule is C[C@H]1C[C@H](C)CN(C(=O)c2csc(-c3cc(Br)cs3)n2)C1. The Kier molecular flexibility index (Phi) is 4.47. The molecular formula is C15H17BrN2OS2. The van der Waals surface area contributed by atoms with E-state index in [0.29, 0.717) is 17.5 Å². The van der Waals surface area contributed by atoms with Gasteiger partial charge in [0.15, 0.2) is 0 Å². The predicted molar refractivity (Wildman–Crippen MR) is 92.0 cm³/mol. The van der Waals surface area contributed by atoms with Crippen molar-refractivity contribution < 1.29 is 4.79 Å². The Morgan fingerprint density at radius 1 is 1.29 bits per heavy atom. The summed E-state index contributed by atoms with van der Waals surface area (Å²) in [6.45, 7) is 6.12. The Morgan fingerprint density at radius 2 is 2.00 bits per heavy atom. The van der Waals surface area contributed by atoms with E-state index < -0.39 is 0 Å². The van der Waals surface area contributed by atoms with E-state index in [1.165, 1.54) is 6.42 Å². The summed E-state index contributed by atoms with van der Waals surface area (Å²) < 4.78 is 1.06. The van der Waals surface area contributed by atoms with Gasteiger partial charge in [-0.15, -0.1) is 22.7 Å². The maximum absolute atomic E-state index is 12.6. The lowest BCUT2D eigenvalue weighted by molar-refractivity contribution is 0.0618. The number of aromatic nitrogens is 1. The molecule has 3 heterocycles. The van der Waals surface area contributed by atoms with Gasteiger partial charge >= 0.3 is 0 Å². The first-order valence-corrected chi connectivity index (χ1v) is 9.57. The van der Waals surface area contributed by atoms with Crippen LogP contribution >= 0.6 is 38.6 Å². The number of halogens is 1. The Bertz CT molecular complexity index is 642. The summed E-state index contributed by atoms with van der Waals surface area (Å²) >= 11 is 6.63. The molecule has 1 aliphatic rings. The second-order valence-corrected chi connectivity index (χ2v) is 8.51. The van der Waals surface area contributed by atoms with Crippen molar-refractivity contribution in [2.45, 2.75) is 20.3 Å². The molecule has 0 radical (unpaired) electrons. The van der Waals surface area contributed by atoms with Crippen LogP contribution in [0.4, 0.5) is 0 Å². The van der Waals surface area contributed by atoms with Crippen LogP contribution in [0.1, 0.15) is 30.8 Å². The molecule has 0 N–H and O–H groups in total. The molecule has 2 aromatic rings. The number of thiazole rings is 1. The highest BCUT2D eigenvalue weighted by Crippen LogP contribution is 2.32. The fraction of sp³-hybridized carbons (Fsp3) is 0.467. The van der Waals surface area contributed by atoms with Crippen LogP contribution in [0, 0.1) is 11.8 Å². The standard InChI is InChI=1S/C15H17BrN2OS2/c1-9-3-10(2)6-18(5-9)15(19)12-8-21-14(17-12)13-4-11(16)7-20-13/h4,7-10H,3,5-6H2,1-2H3/t9-,10-/m0/s1. The zero-order chi connectivity index (χ0) is 15.0. The molecule has 0 aliphatic carbocycles. The van der Waals surface area contributed by atoms with Gasteiger partial charge in [-0.05, 0) is 40.3 Å². The maximum atomic E-state index is 12.6. The summed E-state index contributed by atoms with van der Waals surface area (Å²) in [7, 11) is 0. The highest BCUT2D eigenvalue weighted by molar-refractivity contribution is 9.10. The molecule has 1 aliphatic heterocycles. The number of carbonyl (C=O) groups excluding carboxylic acids is 1. The number of piperidine rings is 1. The third kappa shape index (κ3) is 3.38. The van der Waals surface area contributed by atoms with E-state index >= 15 is 0 Å². The third-order valence-corrected chi connectivity index (χ3v) is 6.36. The number of nitrogens with zero attached hydrogens (tertiary/aromatic N) is 2. The minimum atomic E-state index is 0.0755. The molecule has 0 bridgehead atoms. The predicted octanol–water partition coefficient (Wildman–Crippen LogP) is 4.75. The smallest absolute Gasteiger partial charge is 0.273 e. The molecule has 0 saturated carbocycles. The lowest BCUT2D eigenvalue weighted by Gasteiger charge is -2.34. The molecule has 2 atom stereocenters. The molecule has 0 spiro atoms. The van der Waals surface area contributed by atoms with Gasteiger partial charge in [-0.3, -0.25) is 4.79 Å². The maximum Gasteiger partial charge on any atom is 0.273 e. The zero-order valence-electron chi connectivity index (χ0n) is 12.0. The topological polar surface area (TPSA) is 33.2 Å². The van der Waals surface area contributed by atoms with Gasteiger partial charge in [0.1, 0.15) is 10.7 Å². The van der Waals surface area contributed by atoms with E-state index in [9.17, 15) is 4.79 Å². The third-order valence-electron chi connectivity index (χ3n) is 3.66. The molecule has 2 aromatic heterocycles. The lowest BCUT2D eigenvalue weighted by Crippen LogP contribution is -2.42. The lowest BCUT2D eigenvalue weighted by atomic mass is 9.92. The minimum Gasteiger partial charge on any atom is -0.337 e. The van der Waals surface area contributed by atoms with Crippen LogP contribution in [0.5, 0.6) is 0 Å². The van der Waals surface area contributed by atoms with Crippen LogP contribution in [-0.4, -0.2) is 28.9 Å². The minimum absolute atomic E-state index is 0.0755. The van der Waals surface area contributed by atoms with Crippen LogP contribution in [0.2, 0.25) is 0 Å². The van der Waals surface area contributed by atoms with Crippen LogP contribution in [0.3, 0.4) is 0 Å². The molecule has 6 heteroatoms. The number of amides is 1. The number of carbonyl (C=O) groups is 1. The average molecular weight is 385 g/mol. The van der Waals surface area contributed by atoms with Crippen molar-refractivity contribution in [3.05, 3.63) is 27.0 Å². The summed E-state index contributed by atoms with van der Waals surface area (Å²) in [6.07, 6.45) is 1.20. The van der Waals surface area contributed by atoms with Gasteiger partial charge < -0.3 is 4.90 Å². The fourth-order valence-electron chi connectivity index (χ4n) is 2.90. The van der Waals surface area contributed by atoms with E-state index in [-0.39, 0.29) is 5.91 Å². The van der Waals surface area contributed by atoms with E-state index in [1.54, 1.807) is 22.7 Å². The van der Waals surface area contributed by atoms with Crippen molar-refractivity contribution in [2.24, 2.45) is 11.8 Å². The number of hydrogen-bond donors (Lipinski definition) is 0. The second kappa shape index (κ2) is 6.18. The van der Waals surface area contributed by atoms with E-state index in [4.69, 9.17) is 0 Å². The molecule has 0 unspecified atom stereocenters. The van der Waals surface area contributed by atoms with Crippen molar-refractivity contribution in [3.8, 4) is 9.88 Å². The normalized spacial score (nSPS) is 22.5. The van der Waals surface area contributed by atoms with E-state index in [0.717, 1.165) is 27.4 Å². The van der Waals surface area contributed by atoms with Gasteiger partial charge in [0.05, 0.1) is 4.88 Å². The summed E-state index contributed by atoms with van der Waals surface area (Å²) in [4.78, 5) is 20.2. The molecule has 21 heavy (non-hydrogen) atoms. The van der Waals surface area contributed by atoms with Crippen molar-refractivity contribution >= 4 is 44.5 Å². The zero-order valence-corrected chi connectivity index (χ0v) is 15.2. The first-order valence-electron chi connectivity index (χ1n) is 7.02. The van der Waals surface area contributed by atoms with Gasteiger partial charge in [0.2, 0.25) is 0 Å². The summed E-state index contributed by atoms with van der Waals surface area (Å²) in [6, 6.07) is 2.04. The number of rotatable bonds is 2.